The number of nitrogens with zero attached hydrogens (tertiary/aromatic N) is 3. The molecule has 0 aliphatic rings. The Kier molecular flexibility index (Phi) is 6.99. The van der Waals surface area contributed by atoms with Gasteiger partial charge in [0.15, 0.2) is 4.77 Å². The first-order chi connectivity index (χ1) is 16.4. The van der Waals surface area contributed by atoms with Crippen LogP contribution in [0.1, 0.15) is 34.2 Å². The smallest absolute Gasteiger partial charge is 0.262 e. The molecule has 1 atom stereocenters. The summed E-state index contributed by atoms with van der Waals surface area (Å²) in [4.78, 5) is 33.5. The van der Waals surface area contributed by atoms with Crippen LogP contribution in [0.25, 0.3) is 10.9 Å². The zero-order valence-electron chi connectivity index (χ0n) is 18.7. The number of carbonyl (C=O) groups is 1. The van der Waals surface area contributed by atoms with E-state index in [1.807, 2.05) is 7.05 Å². The Hall–Kier alpha value is -3.63. The van der Waals surface area contributed by atoms with E-state index in [9.17, 15) is 14.0 Å². The van der Waals surface area contributed by atoms with Crippen LogP contribution in [0.4, 0.5) is 4.39 Å². The molecule has 0 fully saturated rings. The molecule has 4 aromatic rings. The van der Waals surface area contributed by atoms with Crippen molar-refractivity contribution < 1.29 is 13.9 Å². The molecule has 0 aliphatic heterocycles. The minimum Gasteiger partial charge on any atom is -0.385 e. The number of hydrogen-bond donors (Lipinski definition) is 2. The van der Waals surface area contributed by atoms with E-state index in [4.69, 9.17) is 17.0 Å². The van der Waals surface area contributed by atoms with Crippen molar-refractivity contribution in [1.29, 1.82) is 0 Å². The molecular weight excluding hydrogens is 457 g/mol. The maximum Gasteiger partial charge on any atom is 0.262 e. The summed E-state index contributed by atoms with van der Waals surface area (Å²) in [7, 11) is 3.42. The summed E-state index contributed by atoms with van der Waals surface area (Å²) >= 11 is 5.36. The second kappa shape index (κ2) is 10.1. The molecular formula is C24H24FN5O3S. The van der Waals surface area contributed by atoms with Crippen LogP contribution in [0, 0.1) is 10.6 Å². The number of aromatic nitrogens is 4. The standard InChI is InChI=1S/C24H24FN5O3S/c1-29-12-10-26-21(29)20(15-4-7-17(25)8-5-15)28-22(31)16-6-9-18-19(14-16)27-24(34)30(23(18)32)11-3-13-33-2/h4-10,12,14,20H,3,11,13H2,1-2H3,(H,27,34)(H,28,31). The van der Waals surface area contributed by atoms with E-state index in [1.54, 1.807) is 54.4 Å². The summed E-state index contributed by atoms with van der Waals surface area (Å²) < 4.78 is 22.1. The number of nitrogens with one attached hydrogen (secondary N) is 2. The lowest BCUT2D eigenvalue weighted by atomic mass is 10.0. The number of H-pyrrole nitrogens is 1. The number of benzene rings is 2. The van der Waals surface area contributed by atoms with Gasteiger partial charge in [-0.25, -0.2) is 9.37 Å². The lowest BCUT2D eigenvalue weighted by Gasteiger charge is -2.19. The fourth-order valence-corrected chi connectivity index (χ4v) is 4.07. The number of amides is 1. The van der Waals surface area contributed by atoms with Crippen LogP contribution in [0.2, 0.25) is 0 Å². The summed E-state index contributed by atoms with van der Waals surface area (Å²) in [6.07, 6.45) is 4.05. The fourth-order valence-electron chi connectivity index (χ4n) is 3.79. The second-order valence-corrected chi connectivity index (χ2v) is 8.23. The molecule has 1 amide bonds. The first-order valence-corrected chi connectivity index (χ1v) is 11.1. The molecule has 4 rings (SSSR count). The third-order valence-corrected chi connectivity index (χ3v) is 5.89. The first kappa shape index (κ1) is 23.5. The van der Waals surface area contributed by atoms with Gasteiger partial charge in [0.2, 0.25) is 0 Å². The summed E-state index contributed by atoms with van der Waals surface area (Å²) in [6, 6.07) is 10.1. The highest BCUT2D eigenvalue weighted by atomic mass is 32.1. The number of rotatable bonds is 8. The molecule has 0 radical (unpaired) electrons. The van der Waals surface area contributed by atoms with E-state index in [1.165, 1.54) is 16.7 Å². The van der Waals surface area contributed by atoms with E-state index >= 15 is 0 Å². The molecule has 2 heterocycles. The zero-order chi connectivity index (χ0) is 24.2. The van der Waals surface area contributed by atoms with Crippen molar-refractivity contribution in [3.05, 3.63) is 92.8 Å². The highest BCUT2D eigenvalue weighted by Crippen LogP contribution is 2.22. The number of fused-ring (bicyclic) bond motifs is 1. The Labute approximate surface area is 200 Å². The van der Waals surface area contributed by atoms with Gasteiger partial charge < -0.3 is 19.6 Å². The number of ether oxygens (including phenoxy) is 1. The maximum atomic E-state index is 13.5. The van der Waals surface area contributed by atoms with Crippen LogP contribution in [0.15, 0.2) is 59.7 Å². The van der Waals surface area contributed by atoms with Gasteiger partial charge in [-0.15, -0.1) is 0 Å². The monoisotopic (exact) mass is 481 g/mol. The third-order valence-electron chi connectivity index (χ3n) is 5.57. The number of imidazole rings is 1. The molecule has 0 bridgehead atoms. The van der Waals surface area contributed by atoms with Crippen molar-refractivity contribution in [2.24, 2.45) is 7.05 Å². The molecule has 2 aromatic carbocycles. The SMILES string of the molecule is COCCCn1c(=S)[nH]c2cc(C(=O)NC(c3ccc(F)cc3)c3nccn3C)ccc2c1=O. The lowest BCUT2D eigenvalue weighted by Crippen LogP contribution is -2.31. The van der Waals surface area contributed by atoms with Gasteiger partial charge in [-0.05, 0) is 54.5 Å². The molecule has 0 saturated carbocycles. The van der Waals surface area contributed by atoms with Crippen molar-refractivity contribution >= 4 is 29.0 Å². The fraction of sp³-hybridized carbons (Fsp3) is 0.250. The van der Waals surface area contributed by atoms with Crippen LogP contribution in [-0.4, -0.2) is 38.7 Å². The van der Waals surface area contributed by atoms with Crippen LogP contribution >= 0.6 is 12.2 Å². The average molecular weight is 482 g/mol. The second-order valence-electron chi connectivity index (χ2n) is 7.85. The van der Waals surface area contributed by atoms with Gasteiger partial charge in [0, 0.05) is 45.3 Å². The van der Waals surface area contributed by atoms with E-state index in [-0.39, 0.29) is 22.1 Å². The Morgan fingerprint density at radius 3 is 2.71 bits per heavy atom. The molecule has 1 unspecified atom stereocenters. The van der Waals surface area contributed by atoms with Gasteiger partial charge in [0.25, 0.3) is 11.5 Å². The molecule has 10 heteroatoms. The first-order valence-electron chi connectivity index (χ1n) is 10.7. The van der Waals surface area contributed by atoms with Crippen molar-refractivity contribution in [3.63, 3.8) is 0 Å². The van der Waals surface area contributed by atoms with Gasteiger partial charge >= 0.3 is 0 Å². The van der Waals surface area contributed by atoms with Crippen molar-refractivity contribution in [2.75, 3.05) is 13.7 Å². The maximum absolute atomic E-state index is 13.5. The predicted octanol–water partition coefficient (Wildman–Crippen LogP) is 3.49. The molecule has 34 heavy (non-hydrogen) atoms. The van der Waals surface area contributed by atoms with E-state index < -0.39 is 6.04 Å². The lowest BCUT2D eigenvalue weighted by molar-refractivity contribution is 0.0941. The van der Waals surface area contributed by atoms with Crippen LogP contribution in [0.3, 0.4) is 0 Å². The Morgan fingerprint density at radius 2 is 2.03 bits per heavy atom. The topological polar surface area (TPSA) is 93.9 Å². The van der Waals surface area contributed by atoms with Crippen LogP contribution in [-0.2, 0) is 18.3 Å². The number of halogens is 1. The van der Waals surface area contributed by atoms with E-state index in [0.29, 0.717) is 47.4 Å². The Balaban J connectivity index is 1.66. The number of methoxy groups -OCH3 is 1. The molecule has 0 aliphatic carbocycles. The molecule has 0 saturated heterocycles. The molecule has 0 spiro atoms. The van der Waals surface area contributed by atoms with Gasteiger partial charge in [-0.3, -0.25) is 14.2 Å². The third kappa shape index (κ3) is 4.82. The highest BCUT2D eigenvalue weighted by molar-refractivity contribution is 7.71. The highest BCUT2D eigenvalue weighted by Gasteiger charge is 2.22. The average Bonchev–Trinajstić information content (AvgIpc) is 3.25. The molecule has 2 aromatic heterocycles. The predicted molar refractivity (Wildman–Crippen MR) is 129 cm³/mol. The van der Waals surface area contributed by atoms with Gasteiger partial charge in [-0.2, -0.15) is 0 Å². The zero-order valence-corrected chi connectivity index (χ0v) is 19.6. The summed E-state index contributed by atoms with van der Waals surface area (Å²) in [5.74, 6) is -0.145. The van der Waals surface area contributed by atoms with E-state index in [0.717, 1.165) is 0 Å². The normalized spacial score (nSPS) is 12.1. The Morgan fingerprint density at radius 1 is 1.26 bits per heavy atom. The molecule has 2 N–H and O–H groups in total. The van der Waals surface area contributed by atoms with Crippen LogP contribution < -0.4 is 10.9 Å². The summed E-state index contributed by atoms with van der Waals surface area (Å²) in [6.45, 7) is 0.951. The van der Waals surface area contributed by atoms with Crippen molar-refractivity contribution in [1.82, 2.24) is 24.4 Å². The van der Waals surface area contributed by atoms with Crippen LogP contribution in [0.5, 0.6) is 0 Å². The summed E-state index contributed by atoms with van der Waals surface area (Å²) in [5, 5.41) is 3.40. The Bertz CT molecular complexity index is 1440. The van der Waals surface area contributed by atoms with Crippen molar-refractivity contribution in [3.8, 4) is 0 Å². The molecule has 176 valence electrons. The minimum absolute atomic E-state index is 0.223. The van der Waals surface area contributed by atoms with Gasteiger partial charge in [0.05, 0.1) is 10.9 Å². The molecule has 8 nitrogen and oxygen atoms in total. The van der Waals surface area contributed by atoms with E-state index in [2.05, 4.69) is 15.3 Å². The number of hydrogen-bond acceptors (Lipinski definition) is 5. The van der Waals surface area contributed by atoms with Gasteiger partial charge in [0.1, 0.15) is 17.7 Å². The number of aromatic amines is 1. The van der Waals surface area contributed by atoms with Gasteiger partial charge in [-0.1, -0.05) is 12.1 Å². The number of carbonyl (C=O) groups excluding carboxylic acids is 1. The van der Waals surface area contributed by atoms with Crippen molar-refractivity contribution in [2.45, 2.75) is 19.0 Å². The quantitative estimate of drug-likeness (QED) is 0.297. The number of aryl methyl sites for hydroxylation is 1. The largest absolute Gasteiger partial charge is 0.385 e. The minimum atomic E-state index is -0.601. The summed E-state index contributed by atoms with van der Waals surface area (Å²) in [5.41, 5.74) is 1.28.